The Morgan fingerprint density at radius 2 is 1.18 bits per heavy atom. The number of hydrogen-bond donors (Lipinski definition) is 1. The molecule has 0 aliphatic rings. The van der Waals surface area contributed by atoms with Gasteiger partial charge in [0.2, 0.25) is 0 Å². The average Bonchev–Trinajstić information content (AvgIpc) is 2.37. The SMILES string of the molecule is OP(=S)(c1ccccc1)C(F)(F)C(F)(F)C(F)(F)C(F)(F)F. The largest absolute Gasteiger partial charge is 0.460 e. The molecule has 22 heavy (non-hydrogen) atoms. The van der Waals surface area contributed by atoms with Crippen molar-refractivity contribution in [2.24, 2.45) is 0 Å². The van der Waals surface area contributed by atoms with Gasteiger partial charge in [0.25, 0.3) is 0 Å². The van der Waals surface area contributed by atoms with Crippen molar-refractivity contribution in [1.82, 2.24) is 0 Å². The number of halogens is 9. The van der Waals surface area contributed by atoms with Gasteiger partial charge in [-0.05, 0) is 0 Å². The minimum Gasteiger partial charge on any atom is -0.357 e. The molecule has 0 aromatic heterocycles. The number of benzene rings is 1. The first-order valence-electron chi connectivity index (χ1n) is 5.19. The van der Waals surface area contributed by atoms with E-state index in [1.54, 1.807) is 0 Å². The summed E-state index contributed by atoms with van der Waals surface area (Å²) in [4.78, 5) is 9.47. The van der Waals surface area contributed by atoms with Crippen LogP contribution in [0.2, 0.25) is 0 Å². The third-order valence-electron chi connectivity index (χ3n) is 2.61. The minimum atomic E-state index is -7.08. The summed E-state index contributed by atoms with van der Waals surface area (Å²) in [6.07, 6.45) is -12.7. The first-order chi connectivity index (χ1) is 9.61. The van der Waals surface area contributed by atoms with Crippen molar-refractivity contribution >= 4 is 23.4 Å². The Labute approximate surface area is 122 Å². The lowest BCUT2D eigenvalue weighted by Gasteiger charge is -2.37. The van der Waals surface area contributed by atoms with E-state index in [-0.39, 0.29) is 0 Å². The van der Waals surface area contributed by atoms with Crippen molar-refractivity contribution in [3.8, 4) is 0 Å². The number of rotatable bonds is 4. The molecule has 0 radical (unpaired) electrons. The summed E-state index contributed by atoms with van der Waals surface area (Å²) in [6.45, 7) is 0. The molecule has 0 saturated heterocycles. The van der Waals surface area contributed by atoms with Crippen molar-refractivity contribution in [2.45, 2.75) is 23.7 Å². The van der Waals surface area contributed by atoms with Crippen LogP contribution in [-0.2, 0) is 11.8 Å². The van der Waals surface area contributed by atoms with Crippen LogP contribution in [0.3, 0.4) is 0 Å². The van der Waals surface area contributed by atoms with E-state index in [1.165, 1.54) is 6.07 Å². The van der Waals surface area contributed by atoms with Crippen molar-refractivity contribution in [3.05, 3.63) is 30.3 Å². The molecule has 0 amide bonds. The van der Waals surface area contributed by atoms with Gasteiger partial charge in [0.15, 0.2) is 6.26 Å². The summed E-state index contributed by atoms with van der Waals surface area (Å²) < 4.78 is 115. The van der Waals surface area contributed by atoms with Gasteiger partial charge in [-0.3, -0.25) is 0 Å². The maximum atomic E-state index is 13.7. The first kappa shape index (κ1) is 19.2. The first-order valence-corrected chi connectivity index (χ1v) is 7.95. The second-order valence-corrected chi connectivity index (χ2v) is 7.91. The highest BCUT2D eigenvalue weighted by Crippen LogP contribution is 2.67. The van der Waals surface area contributed by atoms with Gasteiger partial charge in [-0.25, -0.2) is 0 Å². The second kappa shape index (κ2) is 5.38. The van der Waals surface area contributed by atoms with Gasteiger partial charge in [-0.1, -0.05) is 42.1 Å². The van der Waals surface area contributed by atoms with Crippen LogP contribution in [0, 0.1) is 0 Å². The van der Waals surface area contributed by atoms with Crippen LogP contribution in [-0.4, -0.2) is 28.6 Å². The number of hydrogen-bond acceptors (Lipinski definition) is 1. The maximum Gasteiger partial charge on any atom is 0.460 e. The third kappa shape index (κ3) is 2.63. The van der Waals surface area contributed by atoms with E-state index in [1.807, 2.05) is 0 Å². The molecule has 126 valence electrons. The number of alkyl halides is 9. The fourth-order valence-electron chi connectivity index (χ4n) is 1.35. The molecule has 1 atom stereocenters. The van der Waals surface area contributed by atoms with Gasteiger partial charge in [0.1, 0.15) is 0 Å². The molecule has 0 heterocycles. The topological polar surface area (TPSA) is 20.2 Å². The lowest BCUT2D eigenvalue weighted by Crippen LogP contribution is -2.61. The van der Waals surface area contributed by atoms with E-state index in [0.29, 0.717) is 12.1 Å². The van der Waals surface area contributed by atoms with Crippen LogP contribution in [0.4, 0.5) is 39.5 Å². The Morgan fingerprint density at radius 3 is 1.55 bits per heavy atom. The molecule has 1 N–H and O–H groups in total. The third-order valence-corrected chi connectivity index (χ3v) is 5.98. The minimum absolute atomic E-state index is 0.635. The molecule has 0 spiro atoms. The zero-order valence-corrected chi connectivity index (χ0v) is 11.8. The summed E-state index contributed by atoms with van der Waals surface area (Å²) in [5.74, 6) is -14.0. The van der Waals surface area contributed by atoms with Gasteiger partial charge in [-0.2, -0.15) is 39.5 Å². The fourth-order valence-corrected chi connectivity index (χ4v) is 3.48. The summed E-state index contributed by atoms with van der Waals surface area (Å²) in [6, 6.07) is 4.43. The van der Waals surface area contributed by atoms with Crippen molar-refractivity contribution in [1.29, 1.82) is 0 Å². The van der Waals surface area contributed by atoms with E-state index < -0.39 is 35.3 Å². The standard InChI is InChI=1S/C10H6F9OPS/c11-7(12,9(15,16)17)8(13,14)10(18,19)21(20,22)6-4-2-1-3-5-6/h1-5H,(H,20,22). The van der Waals surface area contributed by atoms with E-state index in [4.69, 9.17) is 0 Å². The quantitative estimate of drug-likeness (QED) is 0.630. The predicted octanol–water partition coefficient (Wildman–Crippen LogP) is 4.12. The monoisotopic (exact) mass is 376 g/mol. The second-order valence-electron chi connectivity index (χ2n) is 4.10. The van der Waals surface area contributed by atoms with E-state index in [2.05, 4.69) is 11.8 Å². The maximum absolute atomic E-state index is 13.7. The van der Waals surface area contributed by atoms with Gasteiger partial charge in [0, 0.05) is 5.30 Å². The molecule has 1 nitrogen and oxygen atoms in total. The smallest absolute Gasteiger partial charge is 0.357 e. The zero-order chi connectivity index (χ0) is 17.6. The highest BCUT2D eigenvalue weighted by molar-refractivity contribution is 8.16. The lowest BCUT2D eigenvalue weighted by molar-refractivity contribution is -0.382. The zero-order valence-electron chi connectivity index (χ0n) is 10.1. The molecule has 0 fully saturated rings. The van der Waals surface area contributed by atoms with Gasteiger partial charge < -0.3 is 4.89 Å². The van der Waals surface area contributed by atoms with Crippen LogP contribution < -0.4 is 5.30 Å². The summed E-state index contributed by atoms with van der Waals surface area (Å²) in [5, 5.41) is -1.02. The molecule has 0 aliphatic carbocycles. The fraction of sp³-hybridized carbons (Fsp3) is 0.400. The average molecular weight is 376 g/mol. The molecule has 12 heteroatoms. The van der Waals surface area contributed by atoms with Crippen LogP contribution in [0.15, 0.2) is 30.3 Å². The van der Waals surface area contributed by atoms with E-state index in [9.17, 15) is 44.4 Å². The highest BCUT2D eigenvalue weighted by atomic mass is 32.4. The molecule has 1 unspecified atom stereocenters. The normalized spacial score (nSPS) is 17.2. The molecular formula is C10H6F9OPS. The van der Waals surface area contributed by atoms with E-state index >= 15 is 0 Å². The van der Waals surface area contributed by atoms with E-state index in [0.717, 1.165) is 12.1 Å². The van der Waals surface area contributed by atoms with Gasteiger partial charge in [0.05, 0.1) is 0 Å². The Morgan fingerprint density at radius 1 is 0.773 bits per heavy atom. The Balaban J connectivity index is 3.48. The van der Waals surface area contributed by atoms with Crippen molar-refractivity contribution in [2.75, 3.05) is 0 Å². The van der Waals surface area contributed by atoms with Crippen LogP contribution >= 0.6 is 6.26 Å². The molecule has 1 aromatic rings. The molecule has 0 saturated carbocycles. The summed E-state index contributed by atoms with van der Waals surface area (Å²) >= 11 is 3.92. The van der Waals surface area contributed by atoms with Crippen LogP contribution in [0.5, 0.6) is 0 Å². The van der Waals surface area contributed by atoms with Gasteiger partial charge >= 0.3 is 23.7 Å². The summed E-state index contributed by atoms with van der Waals surface area (Å²) in [7, 11) is 0. The lowest BCUT2D eigenvalue weighted by atomic mass is 10.1. The molecule has 1 aromatic carbocycles. The predicted molar refractivity (Wildman–Crippen MR) is 63.5 cm³/mol. The molecular weight excluding hydrogens is 370 g/mol. The van der Waals surface area contributed by atoms with Crippen LogP contribution in [0.25, 0.3) is 0 Å². The summed E-state index contributed by atoms with van der Waals surface area (Å²) in [5.41, 5.74) is -6.18. The molecule has 1 rings (SSSR count). The Bertz CT molecular complexity index is 584. The van der Waals surface area contributed by atoms with Crippen molar-refractivity contribution < 1.29 is 44.4 Å². The molecule has 0 aliphatic heterocycles. The Hall–Kier alpha value is -0.800. The van der Waals surface area contributed by atoms with Gasteiger partial charge in [-0.15, -0.1) is 0 Å². The molecule has 0 bridgehead atoms. The highest BCUT2D eigenvalue weighted by Gasteiger charge is 2.84. The van der Waals surface area contributed by atoms with Crippen molar-refractivity contribution in [3.63, 3.8) is 0 Å². The Kier molecular flexibility index (Phi) is 4.71. The van der Waals surface area contributed by atoms with Crippen LogP contribution in [0.1, 0.15) is 0 Å².